The lowest BCUT2D eigenvalue weighted by Crippen LogP contribution is -2.49. The molecule has 1 aliphatic rings. The van der Waals surface area contributed by atoms with Crippen molar-refractivity contribution in [2.24, 2.45) is 5.92 Å². The van der Waals surface area contributed by atoms with Crippen LogP contribution in [-0.2, 0) is 0 Å². The summed E-state index contributed by atoms with van der Waals surface area (Å²) >= 11 is 0. The first-order valence-corrected chi connectivity index (χ1v) is 4.75. The summed E-state index contributed by atoms with van der Waals surface area (Å²) in [7, 11) is 0. The molecular weight excluding hydrogens is 148 g/mol. The van der Waals surface area contributed by atoms with E-state index in [0.29, 0.717) is 12.0 Å². The normalized spacial score (nSPS) is 24.1. The van der Waals surface area contributed by atoms with Crippen LogP contribution in [0.5, 0.6) is 0 Å². The van der Waals surface area contributed by atoms with Gasteiger partial charge in [0.2, 0.25) is 0 Å². The van der Waals surface area contributed by atoms with Crippen LogP contribution in [0.25, 0.3) is 0 Å². The predicted octanol–water partition coefficient (Wildman–Crippen LogP) is 1.50. The standard InChI is InChI=1S/C10H20N2/c1-7(2)9-5-11-6-10(12-9)8(3)4/h7,9,11-12H,5-6H2,1-4H3. The topological polar surface area (TPSA) is 24.1 Å². The van der Waals surface area contributed by atoms with Gasteiger partial charge in [-0.05, 0) is 19.8 Å². The monoisotopic (exact) mass is 168 g/mol. The van der Waals surface area contributed by atoms with E-state index < -0.39 is 0 Å². The summed E-state index contributed by atoms with van der Waals surface area (Å²) in [5.41, 5.74) is 2.77. The van der Waals surface area contributed by atoms with Gasteiger partial charge in [0.25, 0.3) is 0 Å². The third kappa shape index (κ3) is 2.24. The average molecular weight is 168 g/mol. The van der Waals surface area contributed by atoms with Crippen molar-refractivity contribution >= 4 is 0 Å². The molecule has 2 heteroatoms. The van der Waals surface area contributed by atoms with Crippen LogP contribution in [0.3, 0.4) is 0 Å². The van der Waals surface area contributed by atoms with Crippen molar-refractivity contribution in [2.75, 3.05) is 13.1 Å². The second-order valence-electron chi connectivity index (χ2n) is 4.10. The van der Waals surface area contributed by atoms with Crippen LogP contribution in [0.4, 0.5) is 0 Å². The number of allylic oxidation sites excluding steroid dienone is 1. The van der Waals surface area contributed by atoms with Crippen molar-refractivity contribution in [3.8, 4) is 0 Å². The molecule has 2 N–H and O–H groups in total. The third-order valence-electron chi connectivity index (χ3n) is 2.43. The Labute approximate surface area is 75.4 Å². The highest BCUT2D eigenvalue weighted by Gasteiger charge is 2.18. The molecule has 0 radical (unpaired) electrons. The van der Waals surface area contributed by atoms with Crippen LogP contribution >= 0.6 is 0 Å². The molecule has 1 heterocycles. The van der Waals surface area contributed by atoms with Gasteiger partial charge in [0.05, 0.1) is 0 Å². The Kier molecular flexibility index (Phi) is 3.15. The molecule has 0 spiro atoms. The second kappa shape index (κ2) is 3.94. The lowest BCUT2D eigenvalue weighted by Gasteiger charge is -2.31. The van der Waals surface area contributed by atoms with E-state index in [2.05, 4.69) is 38.3 Å². The van der Waals surface area contributed by atoms with Gasteiger partial charge in [-0.3, -0.25) is 0 Å². The summed E-state index contributed by atoms with van der Waals surface area (Å²) in [5, 5.41) is 7.00. The van der Waals surface area contributed by atoms with Gasteiger partial charge in [0, 0.05) is 24.8 Å². The number of hydrogen-bond donors (Lipinski definition) is 2. The molecule has 1 rings (SSSR count). The molecule has 70 valence electrons. The minimum absolute atomic E-state index is 0.601. The Morgan fingerprint density at radius 3 is 2.58 bits per heavy atom. The Hall–Kier alpha value is -0.500. The smallest absolute Gasteiger partial charge is 0.0406 e. The van der Waals surface area contributed by atoms with Gasteiger partial charge in [-0.15, -0.1) is 0 Å². The number of piperazine rings is 1. The molecule has 1 aliphatic heterocycles. The molecule has 0 aromatic carbocycles. The Balaban J connectivity index is 2.58. The molecular formula is C10H20N2. The average Bonchev–Trinajstić information content (AvgIpc) is 2.04. The second-order valence-corrected chi connectivity index (χ2v) is 4.10. The van der Waals surface area contributed by atoms with E-state index in [-0.39, 0.29) is 0 Å². The van der Waals surface area contributed by atoms with Crippen molar-refractivity contribution in [1.29, 1.82) is 0 Å². The van der Waals surface area contributed by atoms with E-state index in [1.165, 1.54) is 11.3 Å². The largest absolute Gasteiger partial charge is 0.383 e. The van der Waals surface area contributed by atoms with Crippen LogP contribution in [0.15, 0.2) is 11.3 Å². The fourth-order valence-electron chi connectivity index (χ4n) is 1.40. The Bertz CT molecular complexity index is 178. The molecule has 0 bridgehead atoms. The zero-order valence-electron chi connectivity index (χ0n) is 8.57. The third-order valence-corrected chi connectivity index (χ3v) is 2.43. The molecule has 0 amide bonds. The molecule has 0 aromatic rings. The van der Waals surface area contributed by atoms with Crippen LogP contribution in [-0.4, -0.2) is 19.1 Å². The Morgan fingerprint density at radius 2 is 2.08 bits per heavy atom. The summed E-state index contributed by atoms with van der Waals surface area (Å²) < 4.78 is 0. The summed E-state index contributed by atoms with van der Waals surface area (Å²) in [6.45, 7) is 10.9. The highest BCUT2D eigenvalue weighted by molar-refractivity contribution is 5.13. The van der Waals surface area contributed by atoms with Gasteiger partial charge in [-0.2, -0.15) is 0 Å². The van der Waals surface area contributed by atoms with Gasteiger partial charge < -0.3 is 10.6 Å². The van der Waals surface area contributed by atoms with Gasteiger partial charge in [0.1, 0.15) is 0 Å². The van der Waals surface area contributed by atoms with Gasteiger partial charge in [-0.25, -0.2) is 0 Å². The van der Waals surface area contributed by atoms with Crippen molar-refractivity contribution < 1.29 is 0 Å². The molecule has 1 unspecified atom stereocenters. The van der Waals surface area contributed by atoms with E-state index >= 15 is 0 Å². The zero-order chi connectivity index (χ0) is 9.14. The maximum absolute atomic E-state index is 3.57. The molecule has 0 saturated carbocycles. The van der Waals surface area contributed by atoms with Gasteiger partial charge in [-0.1, -0.05) is 19.4 Å². The first-order chi connectivity index (χ1) is 5.61. The fraction of sp³-hybridized carbons (Fsp3) is 0.800. The molecule has 1 saturated heterocycles. The highest BCUT2D eigenvalue weighted by atomic mass is 15.1. The molecule has 12 heavy (non-hydrogen) atoms. The van der Waals surface area contributed by atoms with E-state index in [4.69, 9.17) is 0 Å². The van der Waals surface area contributed by atoms with Crippen molar-refractivity contribution in [3.05, 3.63) is 11.3 Å². The number of rotatable bonds is 1. The quantitative estimate of drug-likeness (QED) is 0.620. The van der Waals surface area contributed by atoms with E-state index in [1.54, 1.807) is 0 Å². The summed E-state index contributed by atoms with van der Waals surface area (Å²) in [5.74, 6) is 0.701. The number of hydrogen-bond acceptors (Lipinski definition) is 2. The summed E-state index contributed by atoms with van der Waals surface area (Å²) in [6, 6.07) is 0.601. The SMILES string of the molecule is CC(C)=C1CNCC(C(C)C)N1. The lowest BCUT2D eigenvalue weighted by atomic mass is 10.0. The summed E-state index contributed by atoms with van der Waals surface area (Å²) in [6.07, 6.45) is 0. The van der Waals surface area contributed by atoms with Crippen molar-refractivity contribution in [2.45, 2.75) is 33.7 Å². The number of nitrogens with one attached hydrogen (secondary N) is 2. The minimum atomic E-state index is 0.601. The first-order valence-electron chi connectivity index (χ1n) is 4.75. The van der Waals surface area contributed by atoms with Crippen LogP contribution < -0.4 is 10.6 Å². The van der Waals surface area contributed by atoms with Gasteiger partial charge >= 0.3 is 0 Å². The molecule has 1 atom stereocenters. The van der Waals surface area contributed by atoms with Crippen LogP contribution in [0.2, 0.25) is 0 Å². The minimum Gasteiger partial charge on any atom is -0.383 e. The van der Waals surface area contributed by atoms with E-state index in [9.17, 15) is 0 Å². The zero-order valence-corrected chi connectivity index (χ0v) is 8.57. The fourth-order valence-corrected chi connectivity index (χ4v) is 1.40. The molecule has 2 nitrogen and oxygen atoms in total. The maximum Gasteiger partial charge on any atom is 0.0406 e. The molecule has 0 aliphatic carbocycles. The predicted molar refractivity (Wildman–Crippen MR) is 53.0 cm³/mol. The highest BCUT2D eigenvalue weighted by Crippen LogP contribution is 2.09. The maximum atomic E-state index is 3.57. The first kappa shape index (κ1) is 9.59. The van der Waals surface area contributed by atoms with Crippen LogP contribution in [0.1, 0.15) is 27.7 Å². The Morgan fingerprint density at radius 1 is 1.42 bits per heavy atom. The van der Waals surface area contributed by atoms with Crippen molar-refractivity contribution in [3.63, 3.8) is 0 Å². The van der Waals surface area contributed by atoms with E-state index in [1.807, 2.05) is 0 Å². The molecule has 0 aromatic heterocycles. The lowest BCUT2D eigenvalue weighted by molar-refractivity contribution is 0.373. The van der Waals surface area contributed by atoms with Gasteiger partial charge in [0.15, 0.2) is 0 Å². The van der Waals surface area contributed by atoms with Crippen molar-refractivity contribution in [1.82, 2.24) is 10.6 Å². The van der Waals surface area contributed by atoms with Crippen LogP contribution in [0, 0.1) is 5.92 Å². The molecule has 1 fully saturated rings. The summed E-state index contributed by atoms with van der Waals surface area (Å²) in [4.78, 5) is 0. The van der Waals surface area contributed by atoms with E-state index in [0.717, 1.165) is 13.1 Å².